The zero-order valence-electron chi connectivity index (χ0n) is 17.7. The number of nitrogens with zero attached hydrogens (tertiary/aromatic N) is 3. The number of amides is 1. The lowest BCUT2D eigenvalue weighted by molar-refractivity contribution is -0.385. The Kier molecular flexibility index (Phi) is 7.57. The average Bonchev–Trinajstić information content (AvgIpc) is 2.75. The van der Waals surface area contributed by atoms with Gasteiger partial charge >= 0.3 is 0 Å². The maximum atomic E-state index is 13.1. The van der Waals surface area contributed by atoms with Gasteiger partial charge in [0.15, 0.2) is 12.9 Å². The van der Waals surface area contributed by atoms with E-state index in [9.17, 15) is 24.1 Å². The number of hydrogen-bond donors (Lipinski definition) is 0. The molecule has 2 aromatic carbocycles. The van der Waals surface area contributed by atoms with E-state index < -0.39 is 4.92 Å². The van der Waals surface area contributed by atoms with Gasteiger partial charge in [0.05, 0.1) is 15.0 Å². The number of hydrogen-bond acceptors (Lipinski definition) is 6. The molecule has 1 saturated heterocycles. The zero-order valence-corrected chi connectivity index (χ0v) is 19.2. The second-order valence-corrected chi connectivity index (χ2v) is 8.66. The number of carbonyl (C=O) groups is 2. The number of halogens is 2. The Morgan fingerprint density at radius 3 is 2.56 bits per heavy atom. The van der Waals surface area contributed by atoms with Crippen molar-refractivity contribution in [3.63, 3.8) is 0 Å². The molecule has 1 aliphatic heterocycles. The van der Waals surface area contributed by atoms with Crippen LogP contribution < -0.4 is 4.74 Å². The molecule has 0 aromatic heterocycles. The van der Waals surface area contributed by atoms with Gasteiger partial charge in [0.1, 0.15) is 11.6 Å². The van der Waals surface area contributed by atoms with Gasteiger partial charge in [0, 0.05) is 43.9 Å². The van der Waals surface area contributed by atoms with Gasteiger partial charge in [0.25, 0.3) is 11.6 Å². The van der Waals surface area contributed by atoms with E-state index in [0.717, 1.165) is 11.6 Å². The molecule has 2 atom stereocenters. The zero-order chi connectivity index (χ0) is 23.4. The summed E-state index contributed by atoms with van der Waals surface area (Å²) in [5.41, 5.74) is 0.736. The van der Waals surface area contributed by atoms with Crippen LogP contribution in [0.3, 0.4) is 0 Å². The number of nitro groups is 1. The Hall–Kier alpha value is -2.85. The van der Waals surface area contributed by atoms with Crippen molar-refractivity contribution in [2.24, 2.45) is 0 Å². The summed E-state index contributed by atoms with van der Waals surface area (Å²) in [5.74, 6) is -0.426. The van der Waals surface area contributed by atoms with Crippen LogP contribution in [0.1, 0.15) is 29.8 Å². The number of benzene rings is 2. The maximum absolute atomic E-state index is 13.1. The molecule has 32 heavy (non-hydrogen) atoms. The molecular weight excluding hydrogens is 485 g/mol. The summed E-state index contributed by atoms with van der Waals surface area (Å²) >= 11 is 3.18. The highest BCUT2D eigenvalue weighted by Crippen LogP contribution is 2.33. The van der Waals surface area contributed by atoms with Gasteiger partial charge in [0.2, 0.25) is 0 Å². The number of ether oxygens (including phenoxy) is 1. The van der Waals surface area contributed by atoms with E-state index in [0.29, 0.717) is 25.9 Å². The molecule has 0 bridgehead atoms. The molecule has 0 N–H and O–H groups in total. The van der Waals surface area contributed by atoms with Gasteiger partial charge < -0.3 is 9.64 Å². The highest BCUT2D eigenvalue weighted by atomic mass is 79.9. The summed E-state index contributed by atoms with van der Waals surface area (Å²) in [4.78, 5) is 38.5. The Labute approximate surface area is 193 Å². The molecule has 170 valence electrons. The summed E-state index contributed by atoms with van der Waals surface area (Å²) in [6.45, 7) is 5.46. The third-order valence-corrected chi connectivity index (χ3v) is 6.06. The minimum atomic E-state index is -0.610. The minimum Gasteiger partial charge on any atom is -0.482 e. The van der Waals surface area contributed by atoms with E-state index in [-0.39, 0.29) is 51.9 Å². The summed E-state index contributed by atoms with van der Waals surface area (Å²) < 4.78 is 19.0. The van der Waals surface area contributed by atoms with E-state index in [2.05, 4.69) is 20.8 Å². The molecule has 3 rings (SSSR count). The first kappa shape index (κ1) is 23.8. The van der Waals surface area contributed by atoms with Crippen molar-refractivity contribution in [1.29, 1.82) is 0 Å². The first-order valence-corrected chi connectivity index (χ1v) is 10.8. The number of non-ortho nitro benzene ring substituents is 1. The van der Waals surface area contributed by atoms with Gasteiger partial charge in [-0.1, -0.05) is 12.1 Å². The number of piperazine rings is 1. The summed E-state index contributed by atoms with van der Waals surface area (Å²) in [7, 11) is 0. The van der Waals surface area contributed by atoms with Crippen LogP contribution in [-0.4, -0.2) is 58.7 Å². The highest BCUT2D eigenvalue weighted by molar-refractivity contribution is 9.10. The molecule has 1 heterocycles. The van der Waals surface area contributed by atoms with Crippen molar-refractivity contribution in [2.45, 2.75) is 32.5 Å². The van der Waals surface area contributed by atoms with Gasteiger partial charge in [-0.2, -0.15) is 0 Å². The number of rotatable bonds is 7. The normalized spacial score (nSPS) is 18.9. The second-order valence-electron chi connectivity index (χ2n) is 7.81. The van der Waals surface area contributed by atoms with Gasteiger partial charge in [-0.15, -0.1) is 0 Å². The molecule has 0 unspecified atom stereocenters. The molecule has 0 spiro atoms. The topological polar surface area (TPSA) is 93.0 Å². The van der Waals surface area contributed by atoms with Crippen LogP contribution in [-0.2, 0) is 11.3 Å². The Bertz CT molecular complexity index is 1020. The predicted octanol–water partition coefficient (Wildman–Crippen LogP) is 3.81. The summed E-state index contributed by atoms with van der Waals surface area (Å²) in [5, 5.41) is 11.0. The third-order valence-electron chi connectivity index (χ3n) is 5.47. The van der Waals surface area contributed by atoms with Crippen LogP contribution >= 0.6 is 15.9 Å². The van der Waals surface area contributed by atoms with Crippen molar-refractivity contribution in [2.75, 3.05) is 19.7 Å². The maximum Gasteiger partial charge on any atom is 0.271 e. The fourth-order valence-electron chi connectivity index (χ4n) is 3.75. The van der Waals surface area contributed by atoms with E-state index >= 15 is 0 Å². The summed E-state index contributed by atoms with van der Waals surface area (Å²) in [6.07, 6.45) is 0.455. The lowest BCUT2D eigenvalue weighted by Crippen LogP contribution is -2.58. The lowest BCUT2D eigenvalue weighted by Gasteiger charge is -2.44. The largest absolute Gasteiger partial charge is 0.482 e. The molecule has 0 saturated carbocycles. The molecular formula is C22H23BrFN3O5. The van der Waals surface area contributed by atoms with Crippen molar-refractivity contribution >= 4 is 33.8 Å². The first-order valence-electron chi connectivity index (χ1n) is 10.0. The fraction of sp³-hybridized carbons (Fsp3) is 0.364. The Morgan fingerprint density at radius 1 is 1.25 bits per heavy atom. The fourth-order valence-corrected chi connectivity index (χ4v) is 4.33. The van der Waals surface area contributed by atoms with E-state index in [1.807, 2.05) is 13.8 Å². The lowest BCUT2D eigenvalue weighted by atomic mass is 10.1. The Balaban J connectivity index is 1.63. The van der Waals surface area contributed by atoms with Gasteiger partial charge in [-0.05, 0) is 47.5 Å². The van der Waals surface area contributed by atoms with Crippen molar-refractivity contribution in [3.05, 3.63) is 67.9 Å². The second kappa shape index (κ2) is 10.2. The molecule has 8 nitrogen and oxygen atoms in total. The number of aldehydes is 1. The van der Waals surface area contributed by atoms with Crippen LogP contribution in [0.25, 0.3) is 0 Å². The Morgan fingerprint density at radius 2 is 1.94 bits per heavy atom. The molecule has 0 aliphatic carbocycles. The molecule has 1 aliphatic rings. The molecule has 1 fully saturated rings. The number of nitro benzene ring substituents is 1. The van der Waals surface area contributed by atoms with E-state index in [1.54, 1.807) is 17.0 Å². The molecule has 2 aromatic rings. The van der Waals surface area contributed by atoms with Crippen LogP contribution in [0.2, 0.25) is 0 Å². The molecule has 0 radical (unpaired) electrons. The first-order chi connectivity index (χ1) is 15.2. The predicted molar refractivity (Wildman–Crippen MR) is 119 cm³/mol. The van der Waals surface area contributed by atoms with Crippen molar-refractivity contribution in [3.8, 4) is 5.75 Å². The van der Waals surface area contributed by atoms with E-state index in [4.69, 9.17) is 4.74 Å². The SMILES string of the molecule is C[C@@H]1CN(Cc2ccc(F)cc2)[C@@H](C)CN1C(=O)COc1c(Br)cc([N+](=O)[O-])cc1C=O. The quantitative estimate of drug-likeness (QED) is 0.321. The molecule has 10 heteroatoms. The third kappa shape index (κ3) is 5.49. The van der Waals surface area contributed by atoms with Crippen LogP contribution in [0, 0.1) is 15.9 Å². The average molecular weight is 508 g/mol. The standard InChI is InChI=1S/C22H23BrFN3O5/c1-14-10-26(15(2)9-25(14)11-16-3-5-18(24)6-4-16)21(29)13-32-22-17(12-28)7-19(27(30)31)8-20(22)23/h3-8,12,14-15H,9-11,13H2,1-2H3/t14-,15+/m0/s1. The minimum absolute atomic E-state index is 0.00981. The van der Waals surface area contributed by atoms with Crippen LogP contribution in [0.5, 0.6) is 5.75 Å². The van der Waals surface area contributed by atoms with Crippen LogP contribution in [0.15, 0.2) is 40.9 Å². The van der Waals surface area contributed by atoms with Crippen LogP contribution in [0.4, 0.5) is 10.1 Å². The van der Waals surface area contributed by atoms with E-state index in [1.165, 1.54) is 18.2 Å². The van der Waals surface area contributed by atoms with Gasteiger partial charge in [-0.25, -0.2) is 4.39 Å². The summed E-state index contributed by atoms with van der Waals surface area (Å²) in [6, 6.07) is 8.72. The molecule has 1 amide bonds. The van der Waals surface area contributed by atoms with Crippen molar-refractivity contribution in [1.82, 2.24) is 9.80 Å². The van der Waals surface area contributed by atoms with Crippen molar-refractivity contribution < 1.29 is 23.6 Å². The van der Waals surface area contributed by atoms with Gasteiger partial charge in [-0.3, -0.25) is 24.6 Å². The highest BCUT2D eigenvalue weighted by Gasteiger charge is 2.32. The smallest absolute Gasteiger partial charge is 0.271 e. The monoisotopic (exact) mass is 507 g/mol. The number of carbonyl (C=O) groups excluding carboxylic acids is 2.